The Morgan fingerprint density at radius 2 is 2.05 bits per heavy atom. The first-order valence-corrected chi connectivity index (χ1v) is 6.98. The number of thiophene rings is 1. The number of aryl methyl sites for hydroxylation is 2. The Balaban J connectivity index is 2.00. The first-order valence-electron chi connectivity index (χ1n) is 6.17. The van der Waals surface area contributed by atoms with Gasteiger partial charge in [0.15, 0.2) is 0 Å². The second-order valence-electron chi connectivity index (χ2n) is 4.33. The van der Waals surface area contributed by atoms with Crippen LogP contribution in [0.3, 0.4) is 0 Å². The number of nitrogens with two attached hydrogens (primary N) is 1. The lowest BCUT2D eigenvalue weighted by atomic mass is 10.1. The van der Waals surface area contributed by atoms with Crippen LogP contribution in [-0.4, -0.2) is 6.54 Å². The molecule has 2 N–H and O–H groups in total. The average Bonchev–Trinajstić information content (AvgIpc) is 2.83. The molecule has 0 aliphatic carbocycles. The molecule has 2 nitrogen and oxygen atoms in total. The summed E-state index contributed by atoms with van der Waals surface area (Å²) in [6.45, 7) is 5.12. The zero-order chi connectivity index (χ0) is 13.7. The fraction of sp³-hybridized carbons (Fsp3) is 0.250. The lowest BCUT2D eigenvalue weighted by Gasteiger charge is -2.08. The topological polar surface area (TPSA) is 35.2 Å². The minimum atomic E-state index is 0.395. The largest absolute Gasteiger partial charge is 0.488 e. The highest BCUT2D eigenvalue weighted by Gasteiger charge is 2.02. The molecule has 0 atom stereocenters. The highest BCUT2D eigenvalue weighted by atomic mass is 32.1. The van der Waals surface area contributed by atoms with Crippen molar-refractivity contribution in [1.82, 2.24) is 0 Å². The molecule has 0 amide bonds. The van der Waals surface area contributed by atoms with Gasteiger partial charge >= 0.3 is 0 Å². The van der Waals surface area contributed by atoms with E-state index < -0.39 is 0 Å². The van der Waals surface area contributed by atoms with Crippen LogP contribution in [0.5, 0.6) is 5.75 Å². The maximum absolute atomic E-state index is 5.83. The predicted octanol–water partition coefficient (Wildman–Crippen LogP) is 3.25. The maximum atomic E-state index is 5.83. The van der Waals surface area contributed by atoms with Gasteiger partial charge in [0, 0.05) is 4.88 Å². The van der Waals surface area contributed by atoms with E-state index in [1.54, 1.807) is 11.3 Å². The molecule has 0 aliphatic rings. The third-order valence-electron chi connectivity index (χ3n) is 2.68. The first kappa shape index (κ1) is 13.7. The summed E-state index contributed by atoms with van der Waals surface area (Å²) in [7, 11) is 0. The lowest BCUT2D eigenvalue weighted by molar-refractivity contribution is 0.307. The molecule has 0 aliphatic heterocycles. The number of benzene rings is 1. The number of ether oxygens (including phenoxy) is 1. The Labute approximate surface area is 118 Å². The Morgan fingerprint density at radius 1 is 1.21 bits per heavy atom. The van der Waals surface area contributed by atoms with Crippen LogP contribution in [0.1, 0.15) is 20.9 Å². The van der Waals surface area contributed by atoms with Gasteiger partial charge in [0.25, 0.3) is 0 Å². The van der Waals surface area contributed by atoms with E-state index in [0.717, 1.165) is 10.6 Å². The van der Waals surface area contributed by atoms with E-state index in [1.807, 2.05) is 12.1 Å². The van der Waals surface area contributed by atoms with Crippen molar-refractivity contribution in [3.63, 3.8) is 0 Å². The van der Waals surface area contributed by atoms with Gasteiger partial charge in [-0.15, -0.1) is 11.3 Å². The van der Waals surface area contributed by atoms with Crippen LogP contribution >= 0.6 is 11.3 Å². The molecule has 0 unspecified atom stereocenters. The molecule has 98 valence electrons. The summed E-state index contributed by atoms with van der Waals surface area (Å²) < 4.78 is 5.83. The molecular formula is C16H17NOS. The second kappa shape index (κ2) is 6.42. The molecule has 2 aromatic rings. The second-order valence-corrected chi connectivity index (χ2v) is 5.50. The van der Waals surface area contributed by atoms with Crippen LogP contribution in [0.25, 0.3) is 0 Å². The van der Waals surface area contributed by atoms with Gasteiger partial charge in [-0.25, -0.2) is 0 Å². The minimum Gasteiger partial charge on any atom is -0.488 e. The molecule has 1 heterocycles. The van der Waals surface area contributed by atoms with Gasteiger partial charge in [-0.1, -0.05) is 29.5 Å². The average molecular weight is 271 g/mol. The zero-order valence-corrected chi connectivity index (χ0v) is 12.0. The van der Waals surface area contributed by atoms with Crippen LogP contribution in [0, 0.1) is 25.7 Å². The fourth-order valence-corrected chi connectivity index (χ4v) is 2.57. The predicted molar refractivity (Wildman–Crippen MR) is 80.5 cm³/mol. The SMILES string of the molecule is Cc1ccc(OCc2ccc(C#CCN)s2)c(C)c1. The van der Waals surface area contributed by atoms with Crippen molar-refractivity contribution >= 4 is 11.3 Å². The third kappa shape index (κ3) is 3.85. The van der Waals surface area contributed by atoms with E-state index >= 15 is 0 Å². The summed E-state index contributed by atoms with van der Waals surface area (Å²) in [6.07, 6.45) is 0. The zero-order valence-electron chi connectivity index (χ0n) is 11.2. The standard InChI is InChI=1S/C16H17NOS/c1-12-5-8-16(13(2)10-12)18-11-15-7-6-14(19-15)4-3-9-17/h5-8,10H,9,11,17H2,1-2H3. The van der Waals surface area contributed by atoms with Crippen molar-refractivity contribution in [3.05, 3.63) is 51.2 Å². The van der Waals surface area contributed by atoms with Crippen molar-refractivity contribution in [3.8, 4) is 17.6 Å². The Morgan fingerprint density at radius 3 is 2.79 bits per heavy atom. The fourth-order valence-electron chi connectivity index (χ4n) is 1.77. The highest BCUT2D eigenvalue weighted by Crippen LogP contribution is 2.22. The smallest absolute Gasteiger partial charge is 0.122 e. The van der Waals surface area contributed by atoms with Gasteiger partial charge in [-0.05, 0) is 37.6 Å². The van der Waals surface area contributed by atoms with E-state index in [2.05, 4.69) is 43.9 Å². The molecule has 0 saturated heterocycles. The number of hydrogen-bond acceptors (Lipinski definition) is 3. The van der Waals surface area contributed by atoms with Gasteiger partial charge in [0.05, 0.1) is 11.4 Å². The van der Waals surface area contributed by atoms with E-state index in [9.17, 15) is 0 Å². The summed E-state index contributed by atoms with van der Waals surface area (Å²) in [6, 6.07) is 10.3. The van der Waals surface area contributed by atoms with Crippen molar-refractivity contribution in [1.29, 1.82) is 0 Å². The van der Waals surface area contributed by atoms with E-state index in [-0.39, 0.29) is 0 Å². The van der Waals surface area contributed by atoms with Gasteiger partial charge in [-0.2, -0.15) is 0 Å². The summed E-state index contributed by atoms with van der Waals surface area (Å²) >= 11 is 1.65. The molecule has 0 saturated carbocycles. The van der Waals surface area contributed by atoms with Gasteiger partial charge in [0.2, 0.25) is 0 Å². The van der Waals surface area contributed by atoms with Crippen LogP contribution in [0.2, 0.25) is 0 Å². The molecule has 0 fully saturated rings. The van der Waals surface area contributed by atoms with E-state index in [1.165, 1.54) is 16.0 Å². The maximum Gasteiger partial charge on any atom is 0.122 e. The molecule has 2 rings (SSSR count). The Kier molecular flexibility index (Phi) is 4.62. The van der Waals surface area contributed by atoms with Crippen molar-refractivity contribution in [2.45, 2.75) is 20.5 Å². The molecule has 0 bridgehead atoms. The Bertz CT molecular complexity index is 619. The third-order valence-corrected chi connectivity index (χ3v) is 3.65. The number of hydrogen-bond donors (Lipinski definition) is 1. The molecule has 0 radical (unpaired) electrons. The minimum absolute atomic E-state index is 0.395. The van der Waals surface area contributed by atoms with Crippen molar-refractivity contribution < 1.29 is 4.74 Å². The summed E-state index contributed by atoms with van der Waals surface area (Å²) in [5, 5.41) is 0. The monoisotopic (exact) mass is 271 g/mol. The van der Waals surface area contributed by atoms with E-state index in [4.69, 9.17) is 10.5 Å². The highest BCUT2D eigenvalue weighted by molar-refractivity contribution is 7.12. The van der Waals surface area contributed by atoms with E-state index in [0.29, 0.717) is 13.2 Å². The van der Waals surface area contributed by atoms with Crippen molar-refractivity contribution in [2.75, 3.05) is 6.54 Å². The van der Waals surface area contributed by atoms with Gasteiger partial charge in [-0.3, -0.25) is 0 Å². The normalized spacial score (nSPS) is 9.84. The molecule has 0 spiro atoms. The van der Waals surface area contributed by atoms with Crippen LogP contribution < -0.4 is 10.5 Å². The molecular weight excluding hydrogens is 254 g/mol. The quantitative estimate of drug-likeness (QED) is 0.870. The molecule has 3 heteroatoms. The van der Waals surface area contributed by atoms with Gasteiger partial charge in [0.1, 0.15) is 12.4 Å². The lowest BCUT2D eigenvalue weighted by Crippen LogP contribution is -1.95. The van der Waals surface area contributed by atoms with Crippen LogP contribution in [0.15, 0.2) is 30.3 Å². The first-order chi connectivity index (χ1) is 9.19. The van der Waals surface area contributed by atoms with Crippen molar-refractivity contribution in [2.24, 2.45) is 5.73 Å². The molecule has 1 aromatic carbocycles. The number of rotatable bonds is 3. The summed E-state index contributed by atoms with van der Waals surface area (Å²) in [5.41, 5.74) is 7.77. The molecule has 19 heavy (non-hydrogen) atoms. The van der Waals surface area contributed by atoms with Crippen LogP contribution in [-0.2, 0) is 6.61 Å². The van der Waals surface area contributed by atoms with Crippen LogP contribution in [0.4, 0.5) is 0 Å². The summed E-state index contributed by atoms with van der Waals surface area (Å²) in [5.74, 6) is 6.82. The summed E-state index contributed by atoms with van der Waals surface area (Å²) in [4.78, 5) is 2.20. The van der Waals surface area contributed by atoms with Gasteiger partial charge < -0.3 is 10.5 Å². The molecule has 1 aromatic heterocycles. The Hall–Kier alpha value is -1.76.